The van der Waals surface area contributed by atoms with E-state index in [-0.39, 0.29) is 18.6 Å². The molecule has 1 heterocycles. The molecule has 0 saturated carbocycles. The molecule has 0 saturated heterocycles. The predicted octanol–water partition coefficient (Wildman–Crippen LogP) is 4.94. The SMILES string of the molecule is C[C@H]1CCc2sc(C(=O)OCC(=O)NC(c3ccccc3)c3ccccc3)cc2C1. The Hall–Kier alpha value is -2.92. The molecular weight excluding hydrogens is 394 g/mol. The monoisotopic (exact) mass is 419 g/mol. The second kappa shape index (κ2) is 9.26. The highest BCUT2D eigenvalue weighted by molar-refractivity contribution is 7.14. The van der Waals surface area contributed by atoms with Gasteiger partial charge in [0.25, 0.3) is 5.91 Å². The van der Waals surface area contributed by atoms with E-state index in [0.29, 0.717) is 10.8 Å². The Balaban J connectivity index is 1.40. The first-order valence-electron chi connectivity index (χ1n) is 10.3. The molecule has 0 aliphatic heterocycles. The highest BCUT2D eigenvalue weighted by atomic mass is 32.1. The van der Waals surface area contributed by atoms with Crippen molar-refractivity contribution in [2.45, 2.75) is 32.2 Å². The number of benzene rings is 2. The maximum atomic E-state index is 12.6. The molecule has 154 valence electrons. The molecule has 1 amide bonds. The van der Waals surface area contributed by atoms with Crippen LogP contribution in [-0.2, 0) is 22.4 Å². The zero-order chi connectivity index (χ0) is 20.9. The zero-order valence-corrected chi connectivity index (χ0v) is 17.8. The van der Waals surface area contributed by atoms with Gasteiger partial charge in [0, 0.05) is 4.88 Å². The predicted molar refractivity (Wildman–Crippen MR) is 119 cm³/mol. The van der Waals surface area contributed by atoms with Crippen LogP contribution in [0.25, 0.3) is 0 Å². The van der Waals surface area contributed by atoms with E-state index in [0.717, 1.165) is 30.4 Å². The van der Waals surface area contributed by atoms with Gasteiger partial charge in [-0.05, 0) is 47.9 Å². The molecule has 4 nitrogen and oxygen atoms in total. The van der Waals surface area contributed by atoms with Gasteiger partial charge in [-0.3, -0.25) is 4.79 Å². The third-order valence-corrected chi connectivity index (χ3v) is 6.65. The molecule has 1 N–H and O–H groups in total. The first-order valence-corrected chi connectivity index (χ1v) is 11.1. The molecule has 1 aliphatic rings. The number of thiophene rings is 1. The number of carbonyl (C=O) groups is 2. The number of fused-ring (bicyclic) bond motifs is 1. The maximum absolute atomic E-state index is 12.6. The van der Waals surface area contributed by atoms with Gasteiger partial charge in [-0.1, -0.05) is 67.6 Å². The minimum atomic E-state index is -0.423. The van der Waals surface area contributed by atoms with Crippen LogP contribution in [0.4, 0.5) is 0 Å². The molecule has 0 spiro atoms. The van der Waals surface area contributed by atoms with Crippen LogP contribution in [-0.4, -0.2) is 18.5 Å². The van der Waals surface area contributed by atoms with Crippen LogP contribution in [0.2, 0.25) is 0 Å². The number of nitrogens with one attached hydrogen (secondary N) is 1. The Morgan fingerprint density at radius 2 is 1.70 bits per heavy atom. The Bertz CT molecular complexity index is 974. The third kappa shape index (κ3) is 4.79. The maximum Gasteiger partial charge on any atom is 0.348 e. The van der Waals surface area contributed by atoms with Crippen molar-refractivity contribution in [1.82, 2.24) is 5.32 Å². The van der Waals surface area contributed by atoms with E-state index in [1.165, 1.54) is 21.8 Å². The van der Waals surface area contributed by atoms with Crippen LogP contribution in [0, 0.1) is 5.92 Å². The Morgan fingerprint density at radius 3 is 2.33 bits per heavy atom. The summed E-state index contributed by atoms with van der Waals surface area (Å²) in [7, 11) is 0. The number of aryl methyl sites for hydroxylation is 1. The second-order valence-corrected chi connectivity index (χ2v) is 8.94. The number of esters is 1. The Labute approximate surface area is 180 Å². The molecule has 5 heteroatoms. The number of hydrogen-bond donors (Lipinski definition) is 1. The summed E-state index contributed by atoms with van der Waals surface area (Å²) in [6.45, 7) is 1.94. The average Bonchev–Trinajstić information content (AvgIpc) is 3.20. The quantitative estimate of drug-likeness (QED) is 0.576. The van der Waals surface area contributed by atoms with Crippen LogP contribution < -0.4 is 5.32 Å². The Morgan fingerprint density at radius 1 is 1.07 bits per heavy atom. The molecule has 2 aromatic carbocycles. The lowest BCUT2D eigenvalue weighted by molar-refractivity contribution is -0.124. The van der Waals surface area contributed by atoms with Crippen molar-refractivity contribution >= 4 is 23.2 Å². The van der Waals surface area contributed by atoms with E-state index in [4.69, 9.17) is 4.74 Å². The Kier molecular flexibility index (Phi) is 6.29. The van der Waals surface area contributed by atoms with Gasteiger partial charge >= 0.3 is 5.97 Å². The number of carbonyl (C=O) groups excluding carboxylic acids is 2. The van der Waals surface area contributed by atoms with E-state index in [9.17, 15) is 9.59 Å². The topological polar surface area (TPSA) is 55.4 Å². The van der Waals surface area contributed by atoms with Gasteiger partial charge < -0.3 is 10.1 Å². The van der Waals surface area contributed by atoms with Crippen molar-refractivity contribution in [3.63, 3.8) is 0 Å². The van der Waals surface area contributed by atoms with Crippen LogP contribution in [0.3, 0.4) is 0 Å². The molecule has 3 aromatic rings. The fraction of sp³-hybridized carbons (Fsp3) is 0.280. The smallest absolute Gasteiger partial charge is 0.348 e. The van der Waals surface area contributed by atoms with E-state index in [2.05, 4.69) is 12.2 Å². The van der Waals surface area contributed by atoms with Gasteiger partial charge in [-0.15, -0.1) is 11.3 Å². The van der Waals surface area contributed by atoms with Crippen molar-refractivity contribution < 1.29 is 14.3 Å². The molecule has 0 radical (unpaired) electrons. The van der Waals surface area contributed by atoms with Gasteiger partial charge in [-0.25, -0.2) is 4.79 Å². The van der Waals surface area contributed by atoms with Crippen LogP contribution in [0.15, 0.2) is 66.7 Å². The molecular formula is C25H25NO3S. The van der Waals surface area contributed by atoms with Crippen LogP contribution in [0.5, 0.6) is 0 Å². The molecule has 0 unspecified atom stereocenters. The summed E-state index contributed by atoms with van der Waals surface area (Å²) in [6, 6.07) is 21.2. The lowest BCUT2D eigenvalue weighted by Crippen LogP contribution is -2.33. The average molecular weight is 420 g/mol. The minimum absolute atomic E-state index is 0.297. The standard InChI is InChI=1S/C25H25NO3S/c1-17-12-13-21-20(14-17)15-22(30-21)25(28)29-16-23(27)26-24(18-8-4-2-5-9-18)19-10-6-3-7-11-19/h2-11,15,17,24H,12-14,16H2,1H3,(H,26,27)/t17-/m0/s1. The highest BCUT2D eigenvalue weighted by Crippen LogP contribution is 2.32. The summed E-state index contributed by atoms with van der Waals surface area (Å²) in [5.41, 5.74) is 3.20. The minimum Gasteiger partial charge on any atom is -0.451 e. The summed E-state index contributed by atoms with van der Waals surface area (Å²) in [4.78, 5) is 26.9. The molecule has 1 aliphatic carbocycles. The van der Waals surface area contributed by atoms with E-state index in [1.54, 1.807) is 0 Å². The van der Waals surface area contributed by atoms with Crippen molar-refractivity contribution in [1.29, 1.82) is 0 Å². The normalized spacial score (nSPS) is 15.5. The fourth-order valence-corrected chi connectivity index (χ4v) is 4.96. The molecule has 0 fully saturated rings. The summed E-state index contributed by atoms with van der Waals surface area (Å²) < 4.78 is 5.33. The number of ether oxygens (including phenoxy) is 1. The van der Waals surface area contributed by atoms with Crippen molar-refractivity contribution in [2.24, 2.45) is 5.92 Å². The van der Waals surface area contributed by atoms with Crippen molar-refractivity contribution in [3.8, 4) is 0 Å². The zero-order valence-electron chi connectivity index (χ0n) is 17.0. The lowest BCUT2D eigenvalue weighted by atomic mass is 9.90. The van der Waals surface area contributed by atoms with Gasteiger partial charge in [0.15, 0.2) is 6.61 Å². The summed E-state index contributed by atoms with van der Waals surface area (Å²) in [5.74, 6) is -0.0983. The van der Waals surface area contributed by atoms with E-state index < -0.39 is 5.97 Å². The highest BCUT2D eigenvalue weighted by Gasteiger charge is 2.22. The summed E-state index contributed by atoms with van der Waals surface area (Å²) in [5, 5.41) is 3.00. The second-order valence-electron chi connectivity index (χ2n) is 7.81. The van der Waals surface area contributed by atoms with Crippen LogP contribution >= 0.6 is 11.3 Å². The van der Waals surface area contributed by atoms with Crippen molar-refractivity contribution in [2.75, 3.05) is 6.61 Å². The molecule has 4 rings (SSSR count). The van der Waals surface area contributed by atoms with Gasteiger partial charge in [0.1, 0.15) is 4.88 Å². The summed E-state index contributed by atoms with van der Waals surface area (Å²) >= 11 is 1.50. The van der Waals surface area contributed by atoms with Crippen molar-refractivity contribution in [3.05, 3.63) is 93.2 Å². The van der Waals surface area contributed by atoms with E-state index >= 15 is 0 Å². The van der Waals surface area contributed by atoms with E-state index in [1.807, 2.05) is 66.7 Å². The fourth-order valence-electron chi connectivity index (χ4n) is 3.86. The molecule has 0 bridgehead atoms. The first-order chi connectivity index (χ1) is 14.6. The van der Waals surface area contributed by atoms with Gasteiger partial charge in [0.2, 0.25) is 0 Å². The summed E-state index contributed by atoms with van der Waals surface area (Å²) in [6.07, 6.45) is 3.19. The number of hydrogen-bond acceptors (Lipinski definition) is 4. The molecule has 1 atom stereocenters. The number of amides is 1. The lowest BCUT2D eigenvalue weighted by Gasteiger charge is -2.19. The molecule has 1 aromatic heterocycles. The number of rotatable bonds is 6. The van der Waals surface area contributed by atoms with Gasteiger partial charge in [-0.2, -0.15) is 0 Å². The van der Waals surface area contributed by atoms with Gasteiger partial charge in [0.05, 0.1) is 6.04 Å². The third-order valence-electron chi connectivity index (χ3n) is 5.44. The van der Waals surface area contributed by atoms with Crippen LogP contribution in [0.1, 0.15) is 50.6 Å². The molecule has 30 heavy (non-hydrogen) atoms. The largest absolute Gasteiger partial charge is 0.451 e. The first kappa shape index (κ1) is 20.4.